The van der Waals surface area contributed by atoms with Crippen LogP contribution in [-0.4, -0.2) is 30.7 Å². The number of ether oxygens (including phenoxy) is 2. The van der Waals surface area contributed by atoms with Gasteiger partial charge in [-0.15, -0.1) is 0 Å². The van der Waals surface area contributed by atoms with Crippen LogP contribution in [0.5, 0.6) is 5.75 Å². The molecule has 26 heavy (non-hydrogen) atoms. The Labute approximate surface area is 151 Å². The van der Waals surface area contributed by atoms with Gasteiger partial charge in [-0.3, -0.25) is 10.1 Å². The zero-order valence-corrected chi connectivity index (χ0v) is 14.5. The van der Waals surface area contributed by atoms with Crippen molar-refractivity contribution in [2.45, 2.75) is 24.9 Å². The SMILES string of the molecule is COC(=O)[C@H]1Cc2c([nH]c3ccccc23)[C@H](c2ccc3c(c2)CCO3)N1. The molecule has 0 bridgehead atoms. The van der Waals surface area contributed by atoms with Crippen molar-refractivity contribution < 1.29 is 14.3 Å². The minimum atomic E-state index is -0.360. The zero-order valence-electron chi connectivity index (χ0n) is 14.5. The second-order valence-corrected chi connectivity index (χ2v) is 6.91. The van der Waals surface area contributed by atoms with E-state index in [1.807, 2.05) is 18.2 Å². The van der Waals surface area contributed by atoms with Gasteiger partial charge in [0.25, 0.3) is 0 Å². The topological polar surface area (TPSA) is 63.4 Å². The summed E-state index contributed by atoms with van der Waals surface area (Å²) in [6.45, 7) is 0.735. The van der Waals surface area contributed by atoms with Crippen LogP contribution in [0, 0.1) is 0 Å². The standard InChI is InChI=1S/C21H20N2O3/c1-25-21(24)17-11-15-14-4-2-3-5-16(14)22-20(15)19(23-17)13-6-7-18-12(10-13)8-9-26-18/h2-7,10,17,19,22-23H,8-9,11H2,1H3/t17-,19+/m1/s1. The number of methoxy groups -OCH3 is 1. The van der Waals surface area contributed by atoms with E-state index in [-0.39, 0.29) is 18.1 Å². The highest BCUT2D eigenvalue weighted by atomic mass is 16.5. The Morgan fingerprint density at radius 3 is 3.00 bits per heavy atom. The van der Waals surface area contributed by atoms with Crippen LogP contribution in [0.2, 0.25) is 0 Å². The van der Waals surface area contributed by atoms with Crippen LogP contribution in [0.3, 0.4) is 0 Å². The summed E-state index contributed by atoms with van der Waals surface area (Å²) >= 11 is 0. The van der Waals surface area contributed by atoms with Crippen molar-refractivity contribution in [3.8, 4) is 5.75 Å². The number of hydrogen-bond donors (Lipinski definition) is 2. The molecule has 2 atom stereocenters. The minimum Gasteiger partial charge on any atom is -0.493 e. The van der Waals surface area contributed by atoms with Gasteiger partial charge in [0.1, 0.15) is 11.8 Å². The largest absolute Gasteiger partial charge is 0.493 e. The van der Waals surface area contributed by atoms with Crippen molar-refractivity contribution in [1.29, 1.82) is 0 Å². The molecule has 0 radical (unpaired) electrons. The third kappa shape index (κ3) is 2.31. The van der Waals surface area contributed by atoms with Crippen LogP contribution in [-0.2, 0) is 22.4 Å². The Kier molecular flexibility index (Phi) is 3.50. The number of aromatic nitrogens is 1. The number of aromatic amines is 1. The molecular formula is C21H20N2O3. The lowest BCUT2D eigenvalue weighted by molar-refractivity contribution is -0.143. The highest BCUT2D eigenvalue weighted by Crippen LogP contribution is 2.37. The number of nitrogens with one attached hydrogen (secondary N) is 2. The molecule has 5 heteroatoms. The summed E-state index contributed by atoms with van der Waals surface area (Å²) in [6.07, 6.45) is 1.55. The molecule has 0 fully saturated rings. The lowest BCUT2D eigenvalue weighted by Crippen LogP contribution is -2.45. The molecule has 132 valence electrons. The van der Waals surface area contributed by atoms with E-state index in [4.69, 9.17) is 9.47 Å². The van der Waals surface area contributed by atoms with Crippen LogP contribution in [0.1, 0.15) is 28.4 Å². The van der Waals surface area contributed by atoms with Gasteiger partial charge in [-0.05, 0) is 28.8 Å². The summed E-state index contributed by atoms with van der Waals surface area (Å²) in [4.78, 5) is 15.8. The van der Waals surface area contributed by atoms with Crippen molar-refractivity contribution in [1.82, 2.24) is 10.3 Å². The fourth-order valence-electron chi connectivity index (χ4n) is 4.18. The van der Waals surface area contributed by atoms with Gasteiger partial charge in [0.15, 0.2) is 0 Å². The predicted octanol–water partition coefficient (Wildman–Crippen LogP) is 2.88. The quantitative estimate of drug-likeness (QED) is 0.699. The minimum absolute atomic E-state index is 0.0823. The van der Waals surface area contributed by atoms with Crippen LogP contribution in [0.15, 0.2) is 42.5 Å². The van der Waals surface area contributed by atoms with E-state index >= 15 is 0 Å². The number of carbonyl (C=O) groups is 1. The molecule has 2 aliphatic rings. The summed E-state index contributed by atoms with van der Waals surface area (Å²) in [5.74, 6) is 0.737. The fourth-order valence-corrected chi connectivity index (χ4v) is 4.18. The monoisotopic (exact) mass is 348 g/mol. The maximum absolute atomic E-state index is 12.3. The van der Waals surface area contributed by atoms with Gasteiger partial charge in [0, 0.05) is 29.4 Å². The van der Waals surface area contributed by atoms with Gasteiger partial charge in [0.2, 0.25) is 0 Å². The molecular weight excluding hydrogens is 328 g/mol. The normalized spacial score (nSPS) is 21.1. The molecule has 2 N–H and O–H groups in total. The van der Waals surface area contributed by atoms with Gasteiger partial charge in [-0.25, -0.2) is 0 Å². The molecule has 3 aromatic rings. The summed E-state index contributed by atoms with van der Waals surface area (Å²) in [5, 5.41) is 4.66. The molecule has 5 nitrogen and oxygen atoms in total. The highest BCUT2D eigenvalue weighted by molar-refractivity contribution is 5.87. The third-order valence-electron chi connectivity index (χ3n) is 5.44. The van der Waals surface area contributed by atoms with E-state index in [2.05, 4.69) is 34.6 Å². The molecule has 0 saturated carbocycles. The van der Waals surface area contributed by atoms with Crippen LogP contribution in [0.25, 0.3) is 10.9 Å². The van der Waals surface area contributed by atoms with E-state index < -0.39 is 0 Å². The Morgan fingerprint density at radius 1 is 1.23 bits per heavy atom. The maximum atomic E-state index is 12.3. The summed E-state index contributed by atoms with van der Waals surface area (Å²) in [6, 6.07) is 14.1. The van der Waals surface area contributed by atoms with Crippen molar-refractivity contribution in [2.24, 2.45) is 0 Å². The van der Waals surface area contributed by atoms with Crippen molar-refractivity contribution in [3.63, 3.8) is 0 Å². The number of rotatable bonds is 2. The van der Waals surface area contributed by atoms with Crippen molar-refractivity contribution >= 4 is 16.9 Å². The number of para-hydroxylation sites is 1. The predicted molar refractivity (Wildman–Crippen MR) is 98.4 cm³/mol. The van der Waals surface area contributed by atoms with Gasteiger partial charge < -0.3 is 14.5 Å². The second kappa shape index (κ2) is 5.88. The molecule has 0 aliphatic carbocycles. The van der Waals surface area contributed by atoms with E-state index in [0.29, 0.717) is 6.42 Å². The van der Waals surface area contributed by atoms with Gasteiger partial charge in [-0.2, -0.15) is 0 Å². The molecule has 1 aromatic heterocycles. The third-order valence-corrected chi connectivity index (χ3v) is 5.44. The summed E-state index contributed by atoms with van der Waals surface area (Å²) in [5.41, 5.74) is 5.78. The first-order chi connectivity index (χ1) is 12.7. The summed E-state index contributed by atoms with van der Waals surface area (Å²) < 4.78 is 10.7. The average Bonchev–Trinajstić information content (AvgIpc) is 3.30. The van der Waals surface area contributed by atoms with Crippen LogP contribution >= 0.6 is 0 Å². The lowest BCUT2D eigenvalue weighted by atomic mass is 9.89. The Hall–Kier alpha value is -2.79. The molecule has 3 heterocycles. The molecule has 5 rings (SSSR count). The number of hydrogen-bond acceptors (Lipinski definition) is 4. The smallest absolute Gasteiger partial charge is 0.323 e. The number of fused-ring (bicyclic) bond motifs is 4. The lowest BCUT2D eigenvalue weighted by Gasteiger charge is -2.30. The van der Waals surface area contributed by atoms with E-state index in [9.17, 15) is 4.79 Å². The van der Waals surface area contributed by atoms with E-state index in [0.717, 1.165) is 35.6 Å². The van der Waals surface area contributed by atoms with Crippen molar-refractivity contribution in [2.75, 3.05) is 13.7 Å². The van der Waals surface area contributed by atoms with Gasteiger partial charge >= 0.3 is 5.97 Å². The molecule has 0 spiro atoms. The zero-order chi connectivity index (χ0) is 17.7. The fraction of sp³-hybridized carbons (Fsp3) is 0.286. The first kappa shape index (κ1) is 15.5. The second-order valence-electron chi connectivity index (χ2n) is 6.91. The molecule has 0 saturated heterocycles. The van der Waals surface area contributed by atoms with Crippen LogP contribution in [0.4, 0.5) is 0 Å². The highest BCUT2D eigenvalue weighted by Gasteiger charge is 2.34. The Balaban J connectivity index is 1.65. The molecule has 2 aliphatic heterocycles. The van der Waals surface area contributed by atoms with Gasteiger partial charge in [-0.1, -0.05) is 30.3 Å². The number of H-pyrrole nitrogens is 1. The summed E-state index contributed by atoms with van der Waals surface area (Å²) in [7, 11) is 1.44. The Morgan fingerprint density at radius 2 is 2.12 bits per heavy atom. The van der Waals surface area contributed by atoms with Crippen molar-refractivity contribution in [3.05, 3.63) is 64.8 Å². The molecule has 2 aromatic carbocycles. The van der Waals surface area contributed by atoms with E-state index in [1.54, 1.807) is 0 Å². The van der Waals surface area contributed by atoms with Crippen LogP contribution < -0.4 is 10.1 Å². The number of carbonyl (C=O) groups excluding carboxylic acids is 1. The first-order valence-corrected chi connectivity index (χ1v) is 8.93. The molecule has 0 unspecified atom stereocenters. The van der Waals surface area contributed by atoms with E-state index in [1.165, 1.54) is 23.6 Å². The Bertz CT molecular complexity index is 1010. The molecule has 0 amide bonds. The maximum Gasteiger partial charge on any atom is 0.323 e. The first-order valence-electron chi connectivity index (χ1n) is 8.93. The van der Waals surface area contributed by atoms with Gasteiger partial charge in [0.05, 0.1) is 19.8 Å². The average molecular weight is 348 g/mol. The number of esters is 1. The number of benzene rings is 2.